The maximum absolute atomic E-state index is 13.3. The summed E-state index contributed by atoms with van der Waals surface area (Å²) in [5, 5.41) is 9.76. The molecule has 3 N–H and O–H groups in total. The molecule has 1 heterocycles. The lowest BCUT2D eigenvalue weighted by atomic mass is 9.69. The Morgan fingerprint density at radius 2 is 1.82 bits per heavy atom. The maximum atomic E-state index is 13.3. The lowest BCUT2D eigenvalue weighted by Gasteiger charge is -2.34. The molecule has 4 rings (SSSR count). The SMILES string of the molecule is Cc1nc2cc(S(=O)(=O)N(C)c3ccc([C@H]4CCC[C@@H](C(N)=O)[C@@H]4C(=O)O)cc3)ccc2n1C. The van der Waals surface area contributed by atoms with Crippen molar-refractivity contribution in [3.63, 3.8) is 0 Å². The quantitative estimate of drug-likeness (QED) is 0.552. The number of amides is 1. The van der Waals surface area contributed by atoms with E-state index in [-0.39, 0.29) is 10.8 Å². The van der Waals surface area contributed by atoms with Crippen molar-refractivity contribution < 1.29 is 23.1 Å². The summed E-state index contributed by atoms with van der Waals surface area (Å²) in [6.07, 6.45) is 1.79. The van der Waals surface area contributed by atoms with Crippen LogP contribution in [0.15, 0.2) is 47.4 Å². The number of anilines is 1. The van der Waals surface area contributed by atoms with Crippen molar-refractivity contribution in [3.8, 4) is 0 Å². The number of imidazole rings is 1. The molecule has 1 aliphatic rings. The van der Waals surface area contributed by atoms with Gasteiger partial charge in [-0.05, 0) is 61.6 Å². The van der Waals surface area contributed by atoms with Crippen LogP contribution < -0.4 is 10.0 Å². The molecule has 0 unspecified atom stereocenters. The third-order valence-corrected chi connectivity index (χ3v) is 8.75. The van der Waals surface area contributed by atoms with Crippen LogP contribution in [0.5, 0.6) is 0 Å². The van der Waals surface area contributed by atoms with Crippen LogP contribution in [-0.4, -0.2) is 42.0 Å². The van der Waals surface area contributed by atoms with E-state index in [1.807, 2.05) is 18.5 Å². The van der Waals surface area contributed by atoms with Gasteiger partial charge < -0.3 is 15.4 Å². The standard InChI is InChI=1S/C24H28N4O5S/c1-14-26-20-13-17(11-12-21(20)27(14)2)34(32,33)28(3)16-9-7-15(8-10-16)18-5-4-6-19(23(25)29)22(18)24(30)31/h7-13,18-19,22H,4-6H2,1-3H3,(H2,25,29)(H,30,31)/t18-,19-,22-/m1/s1. The normalized spacial score (nSPS) is 20.9. The highest BCUT2D eigenvalue weighted by atomic mass is 32.2. The van der Waals surface area contributed by atoms with Crippen molar-refractivity contribution in [1.82, 2.24) is 9.55 Å². The summed E-state index contributed by atoms with van der Waals surface area (Å²) in [7, 11) is -0.492. The number of rotatable bonds is 6. The monoisotopic (exact) mass is 484 g/mol. The fourth-order valence-electron chi connectivity index (χ4n) is 4.92. The van der Waals surface area contributed by atoms with Gasteiger partial charge in [-0.2, -0.15) is 0 Å². The summed E-state index contributed by atoms with van der Waals surface area (Å²) in [6.45, 7) is 1.86. The Morgan fingerprint density at radius 3 is 2.44 bits per heavy atom. The molecule has 34 heavy (non-hydrogen) atoms. The molecule has 10 heteroatoms. The zero-order valence-electron chi connectivity index (χ0n) is 19.3. The predicted octanol–water partition coefficient (Wildman–Crippen LogP) is 2.78. The van der Waals surface area contributed by atoms with Gasteiger partial charge in [-0.25, -0.2) is 13.4 Å². The lowest BCUT2D eigenvalue weighted by Crippen LogP contribution is -2.40. The van der Waals surface area contributed by atoms with Gasteiger partial charge in [0.25, 0.3) is 10.0 Å². The second kappa shape index (κ2) is 8.75. The summed E-state index contributed by atoms with van der Waals surface area (Å²) in [5.41, 5.74) is 8.10. The van der Waals surface area contributed by atoms with E-state index >= 15 is 0 Å². The number of fused-ring (bicyclic) bond motifs is 1. The number of carbonyl (C=O) groups excluding carboxylic acids is 1. The van der Waals surface area contributed by atoms with Crippen LogP contribution >= 0.6 is 0 Å². The minimum absolute atomic E-state index is 0.132. The molecule has 1 aromatic heterocycles. The number of sulfonamides is 1. The number of aliphatic carboxylic acids is 1. The van der Waals surface area contributed by atoms with Crippen LogP contribution in [0.4, 0.5) is 5.69 Å². The third kappa shape index (κ3) is 4.02. The minimum atomic E-state index is -3.84. The van der Waals surface area contributed by atoms with Gasteiger partial charge in [-0.15, -0.1) is 0 Å². The van der Waals surface area contributed by atoms with Crippen molar-refractivity contribution in [2.24, 2.45) is 24.6 Å². The summed E-state index contributed by atoms with van der Waals surface area (Å²) < 4.78 is 29.6. The lowest BCUT2D eigenvalue weighted by molar-refractivity contribution is -0.149. The molecule has 0 radical (unpaired) electrons. The number of carbonyl (C=O) groups is 2. The molecule has 1 aliphatic carbocycles. The number of primary amides is 1. The first-order valence-electron chi connectivity index (χ1n) is 11.1. The van der Waals surface area contributed by atoms with Crippen LogP contribution in [0.2, 0.25) is 0 Å². The van der Waals surface area contributed by atoms with E-state index in [1.165, 1.54) is 11.4 Å². The van der Waals surface area contributed by atoms with Crippen LogP contribution in [-0.2, 0) is 26.7 Å². The predicted molar refractivity (Wildman–Crippen MR) is 128 cm³/mol. The van der Waals surface area contributed by atoms with E-state index in [4.69, 9.17) is 5.73 Å². The van der Waals surface area contributed by atoms with Gasteiger partial charge in [0.1, 0.15) is 5.82 Å². The fraction of sp³-hybridized carbons (Fsp3) is 0.375. The van der Waals surface area contributed by atoms with Crippen molar-refractivity contribution in [1.29, 1.82) is 0 Å². The molecule has 1 amide bonds. The van der Waals surface area contributed by atoms with Crippen LogP contribution in [0.25, 0.3) is 11.0 Å². The molecule has 3 aromatic rings. The summed E-state index contributed by atoms with van der Waals surface area (Å²) in [4.78, 5) is 28.3. The fourth-order valence-corrected chi connectivity index (χ4v) is 6.14. The average molecular weight is 485 g/mol. The van der Waals surface area contributed by atoms with E-state index < -0.39 is 33.7 Å². The van der Waals surface area contributed by atoms with Gasteiger partial charge in [0, 0.05) is 14.1 Å². The number of hydrogen-bond donors (Lipinski definition) is 2. The smallest absolute Gasteiger partial charge is 0.307 e. The molecule has 180 valence electrons. The maximum Gasteiger partial charge on any atom is 0.307 e. The molecule has 1 fully saturated rings. The van der Waals surface area contributed by atoms with E-state index in [1.54, 1.807) is 42.5 Å². The zero-order valence-corrected chi connectivity index (χ0v) is 20.1. The second-order valence-electron chi connectivity index (χ2n) is 8.84. The van der Waals surface area contributed by atoms with Crippen molar-refractivity contribution in [3.05, 3.63) is 53.9 Å². The number of benzene rings is 2. The zero-order chi connectivity index (χ0) is 24.8. The molecule has 0 saturated heterocycles. The van der Waals surface area contributed by atoms with Crippen molar-refractivity contribution in [2.75, 3.05) is 11.4 Å². The largest absolute Gasteiger partial charge is 0.481 e. The number of hydrogen-bond acceptors (Lipinski definition) is 5. The highest BCUT2D eigenvalue weighted by Crippen LogP contribution is 2.42. The van der Waals surface area contributed by atoms with E-state index in [0.717, 1.165) is 16.9 Å². The van der Waals surface area contributed by atoms with Gasteiger partial charge in [-0.1, -0.05) is 18.6 Å². The minimum Gasteiger partial charge on any atom is -0.481 e. The topological polar surface area (TPSA) is 136 Å². The van der Waals surface area contributed by atoms with E-state index in [9.17, 15) is 23.1 Å². The Kier molecular flexibility index (Phi) is 6.11. The number of nitrogens with zero attached hydrogens (tertiary/aromatic N) is 3. The second-order valence-corrected chi connectivity index (χ2v) is 10.8. The van der Waals surface area contributed by atoms with Gasteiger partial charge in [0.05, 0.1) is 33.5 Å². The summed E-state index contributed by atoms with van der Waals surface area (Å²) in [5.74, 6) is -2.84. The van der Waals surface area contributed by atoms with Gasteiger partial charge in [-0.3, -0.25) is 13.9 Å². The van der Waals surface area contributed by atoms with Gasteiger partial charge in [0.15, 0.2) is 0 Å². The van der Waals surface area contributed by atoms with Crippen LogP contribution in [0.3, 0.4) is 0 Å². The molecule has 2 aromatic carbocycles. The number of carboxylic acid groups (broad SMARTS) is 1. The highest BCUT2D eigenvalue weighted by molar-refractivity contribution is 7.92. The number of aromatic nitrogens is 2. The van der Waals surface area contributed by atoms with E-state index in [2.05, 4.69) is 4.98 Å². The Bertz CT molecular complexity index is 1360. The molecule has 3 atom stereocenters. The number of aryl methyl sites for hydroxylation is 2. The Morgan fingerprint density at radius 1 is 1.15 bits per heavy atom. The third-order valence-electron chi connectivity index (χ3n) is 6.97. The van der Waals surface area contributed by atoms with Gasteiger partial charge >= 0.3 is 5.97 Å². The molecule has 0 aliphatic heterocycles. The molecule has 0 spiro atoms. The Balaban J connectivity index is 1.62. The van der Waals surface area contributed by atoms with Crippen LogP contribution in [0, 0.1) is 18.8 Å². The molecular weight excluding hydrogens is 456 g/mol. The number of carboxylic acids is 1. The summed E-state index contributed by atoms with van der Waals surface area (Å²) >= 11 is 0. The Labute approximate surface area is 198 Å². The first-order valence-corrected chi connectivity index (χ1v) is 12.5. The molecule has 0 bridgehead atoms. The molecular formula is C24H28N4O5S. The number of nitrogens with two attached hydrogens (primary N) is 1. The van der Waals surface area contributed by atoms with Crippen molar-refractivity contribution in [2.45, 2.75) is 37.0 Å². The van der Waals surface area contributed by atoms with Crippen molar-refractivity contribution >= 4 is 38.6 Å². The highest BCUT2D eigenvalue weighted by Gasteiger charge is 2.42. The molecule has 1 saturated carbocycles. The molecule has 9 nitrogen and oxygen atoms in total. The van der Waals surface area contributed by atoms with E-state index in [0.29, 0.717) is 30.5 Å². The first-order chi connectivity index (χ1) is 16.0. The van der Waals surface area contributed by atoms with Crippen LogP contribution in [0.1, 0.15) is 36.6 Å². The Hall–Kier alpha value is -3.40. The summed E-state index contributed by atoms with van der Waals surface area (Å²) in [6, 6.07) is 11.6. The average Bonchev–Trinajstić information content (AvgIpc) is 3.10. The first kappa shape index (κ1) is 23.7. The van der Waals surface area contributed by atoms with Gasteiger partial charge in [0.2, 0.25) is 5.91 Å².